The first kappa shape index (κ1) is 24.1. The fraction of sp³-hybridized carbons (Fsp3) is 0.682. The largest absolute Gasteiger partial charge is 0.459 e. The number of anilines is 3. The minimum atomic E-state index is -0.537. The summed E-state index contributed by atoms with van der Waals surface area (Å²) in [5.74, 6) is 1.83. The van der Waals surface area contributed by atoms with Gasteiger partial charge in [-0.25, -0.2) is 4.68 Å². The van der Waals surface area contributed by atoms with Crippen LogP contribution in [-0.2, 0) is 27.4 Å². The Balaban J connectivity index is 1.41. The molecule has 4 rings (SSSR count). The van der Waals surface area contributed by atoms with Gasteiger partial charge in [0.05, 0.1) is 26.0 Å². The second-order valence-electron chi connectivity index (χ2n) is 9.55. The van der Waals surface area contributed by atoms with Crippen LogP contribution in [0.2, 0.25) is 0 Å². The van der Waals surface area contributed by atoms with Gasteiger partial charge in [0.15, 0.2) is 0 Å². The topological polar surface area (TPSA) is 131 Å². The molecule has 2 aromatic rings. The lowest BCUT2D eigenvalue weighted by Crippen LogP contribution is -2.37. The van der Waals surface area contributed by atoms with Crippen LogP contribution in [0.25, 0.3) is 0 Å². The van der Waals surface area contributed by atoms with E-state index in [0.717, 1.165) is 50.7 Å². The van der Waals surface area contributed by atoms with Crippen LogP contribution < -0.4 is 20.9 Å². The van der Waals surface area contributed by atoms with Crippen LogP contribution >= 0.6 is 0 Å². The molecule has 0 aromatic carbocycles. The molecule has 0 aliphatic carbocycles. The molecule has 0 atom stereocenters. The summed E-state index contributed by atoms with van der Waals surface area (Å²) in [4.78, 5) is 23.7. The summed E-state index contributed by atoms with van der Waals surface area (Å²) in [5.41, 5.74) is 0.141. The van der Waals surface area contributed by atoms with Crippen LogP contribution in [0.3, 0.4) is 0 Å². The lowest BCUT2D eigenvalue weighted by molar-refractivity contribution is -0.155. The summed E-state index contributed by atoms with van der Waals surface area (Å²) in [6.07, 6.45) is 3.83. The van der Waals surface area contributed by atoms with Crippen molar-refractivity contribution >= 4 is 23.6 Å². The summed E-state index contributed by atoms with van der Waals surface area (Å²) in [6.45, 7) is 10.9. The molecule has 2 aromatic heterocycles. The van der Waals surface area contributed by atoms with Crippen LogP contribution in [0.5, 0.6) is 0 Å². The average Bonchev–Trinajstić information content (AvgIpc) is 3.24. The van der Waals surface area contributed by atoms with Gasteiger partial charge in [-0.3, -0.25) is 4.79 Å². The molecule has 2 fully saturated rings. The van der Waals surface area contributed by atoms with Crippen LogP contribution in [0.1, 0.15) is 39.3 Å². The standard InChI is InChI=1S/C22H35N9O3/c1-22(2,3)34-20(32)15-31-14-17(28-29-31)13-24-21-26-18(25-16-4-6-23-7-5-16)12-19(27-21)30-8-10-33-11-9-30/h12,14,16,23H,4-11,13,15H2,1-3H3,(H2,24,25,26,27). The van der Waals surface area contributed by atoms with E-state index in [-0.39, 0.29) is 12.5 Å². The molecule has 2 saturated heterocycles. The Hall–Kier alpha value is -2.99. The number of hydrogen-bond donors (Lipinski definition) is 3. The van der Waals surface area contributed by atoms with E-state index in [2.05, 4.69) is 31.2 Å². The summed E-state index contributed by atoms with van der Waals surface area (Å²) >= 11 is 0. The van der Waals surface area contributed by atoms with Crippen molar-refractivity contribution in [2.45, 2.75) is 58.3 Å². The fourth-order valence-electron chi connectivity index (χ4n) is 3.89. The minimum Gasteiger partial charge on any atom is -0.459 e. The zero-order chi connectivity index (χ0) is 24.0. The zero-order valence-corrected chi connectivity index (χ0v) is 20.2. The average molecular weight is 474 g/mol. The van der Waals surface area contributed by atoms with Gasteiger partial charge in [-0.1, -0.05) is 5.21 Å². The van der Waals surface area contributed by atoms with E-state index in [4.69, 9.17) is 19.4 Å². The molecule has 4 heterocycles. The maximum atomic E-state index is 12.0. The SMILES string of the molecule is CC(C)(C)OC(=O)Cn1cc(CNc2nc(NC3CCNCC3)cc(N3CCOCC3)n2)nn1. The number of ether oxygens (including phenoxy) is 2. The third-order valence-electron chi connectivity index (χ3n) is 5.46. The predicted octanol–water partition coefficient (Wildman–Crippen LogP) is 1.02. The van der Waals surface area contributed by atoms with Crippen molar-refractivity contribution in [1.29, 1.82) is 0 Å². The zero-order valence-electron chi connectivity index (χ0n) is 20.2. The van der Waals surface area contributed by atoms with Gasteiger partial charge < -0.3 is 30.3 Å². The molecule has 0 saturated carbocycles. The van der Waals surface area contributed by atoms with Crippen molar-refractivity contribution in [3.63, 3.8) is 0 Å². The van der Waals surface area contributed by atoms with E-state index in [0.29, 0.717) is 37.4 Å². The maximum absolute atomic E-state index is 12.0. The number of aromatic nitrogens is 5. The molecule has 12 heteroatoms. The van der Waals surface area contributed by atoms with Crippen LogP contribution in [0, 0.1) is 0 Å². The Morgan fingerprint density at radius 2 is 2.00 bits per heavy atom. The third kappa shape index (κ3) is 7.26. The van der Waals surface area contributed by atoms with E-state index in [9.17, 15) is 4.79 Å². The van der Waals surface area contributed by atoms with Crippen molar-refractivity contribution in [2.24, 2.45) is 0 Å². The monoisotopic (exact) mass is 473 g/mol. The van der Waals surface area contributed by atoms with Gasteiger partial charge in [0.2, 0.25) is 5.95 Å². The van der Waals surface area contributed by atoms with E-state index in [1.807, 2.05) is 26.8 Å². The third-order valence-corrected chi connectivity index (χ3v) is 5.46. The van der Waals surface area contributed by atoms with E-state index in [1.165, 1.54) is 4.68 Å². The van der Waals surface area contributed by atoms with E-state index in [1.54, 1.807) is 6.20 Å². The number of nitrogens with zero attached hydrogens (tertiary/aromatic N) is 6. The van der Waals surface area contributed by atoms with Gasteiger partial charge in [0.1, 0.15) is 29.5 Å². The number of nitrogens with one attached hydrogen (secondary N) is 3. The van der Waals surface area contributed by atoms with E-state index < -0.39 is 5.60 Å². The van der Waals surface area contributed by atoms with Gasteiger partial charge in [-0.15, -0.1) is 5.10 Å². The van der Waals surface area contributed by atoms with Gasteiger partial charge in [0.25, 0.3) is 0 Å². The fourth-order valence-corrected chi connectivity index (χ4v) is 3.89. The van der Waals surface area contributed by atoms with Crippen molar-refractivity contribution in [2.75, 3.05) is 54.9 Å². The molecule has 0 spiro atoms. The summed E-state index contributed by atoms with van der Waals surface area (Å²) in [7, 11) is 0. The Labute approximate surface area is 199 Å². The number of esters is 1. The Morgan fingerprint density at radius 3 is 2.74 bits per heavy atom. The van der Waals surface area contributed by atoms with Crippen molar-refractivity contribution < 1.29 is 14.3 Å². The highest BCUT2D eigenvalue weighted by molar-refractivity contribution is 5.69. The number of carbonyl (C=O) groups is 1. The first-order valence-electron chi connectivity index (χ1n) is 11.9. The van der Waals surface area contributed by atoms with Gasteiger partial charge >= 0.3 is 5.97 Å². The van der Waals surface area contributed by atoms with Crippen molar-refractivity contribution in [3.8, 4) is 0 Å². The van der Waals surface area contributed by atoms with Gasteiger partial charge in [0, 0.05) is 25.2 Å². The smallest absolute Gasteiger partial charge is 0.328 e. The summed E-state index contributed by atoms with van der Waals surface area (Å²) in [5, 5.41) is 18.4. The summed E-state index contributed by atoms with van der Waals surface area (Å²) < 4.78 is 12.3. The van der Waals surface area contributed by atoms with Crippen molar-refractivity contribution in [1.82, 2.24) is 30.3 Å². The highest BCUT2D eigenvalue weighted by atomic mass is 16.6. The van der Waals surface area contributed by atoms with Gasteiger partial charge in [-0.2, -0.15) is 9.97 Å². The van der Waals surface area contributed by atoms with Crippen LogP contribution in [-0.4, -0.2) is 82.0 Å². The Kier molecular flexibility index (Phi) is 7.78. The Bertz CT molecular complexity index is 947. The van der Waals surface area contributed by atoms with Crippen LogP contribution in [0.15, 0.2) is 12.3 Å². The molecule has 0 bridgehead atoms. The minimum absolute atomic E-state index is 0.0115. The number of piperidine rings is 1. The quantitative estimate of drug-likeness (QED) is 0.475. The normalized spacial score (nSPS) is 17.4. The maximum Gasteiger partial charge on any atom is 0.328 e. The molecule has 2 aliphatic rings. The molecule has 0 unspecified atom stereocenters. The first-order chi connectivity index (χ1) is 16.3. The summed E-state index contributed by atoms with van der Waals surface area (Å²) in [6, 6.07) is 2.39. The molecular formula is C22H35N9O3. The Morgan fingerprint density at radius 1 is 1.24 bits per heavy atom. The molecule has 186 valence electrons. The molecule has 12 nitrogen and oxygen atoms in total. The number of hydrogen-bond acceptors (Lipinski definition) is 11. The van der Waals surface area contributed by atoms with E-state index >= 15 is 0 Å². The highest BCUT2D eigenvalue weighted by Gasteiger charge is 2.19. The lowest BCUT2D eigenvalue weighted by atomic mass is 10.1. The highest BCUT2D eigenvalue weighted by Crippen LogP contribution is 2.21. The first-order valence-corrected chi connectivity index (χ1v) is 11.9. The number of rotatable bonds is 8. The lowest BCUT2D eigenvalue weighted by Gasteiger charge is -2.29. The van der Waals surface area contributed by atoms with Crippen molar-refractivity contribution in [3.05, 3.63) is 18.0 Å². The molecule has 34 heavy (non-hydrogen) atoms. The van der Waals surface area contributed by atoms with Crippen LogP contribution in [0.4, 0.5) is 17.6 Å². The number of morpholine rings is 1. The molecular weight excluding hydrogens is 438 g/mol. The second-order valence-corrected chi connectivity index (χ2v) is 9.55. The molecule has 2 aliphatic heterocycles. The second kappa shape index (κ2) is 11.0. The van der Waals surface area contributed by atoms with Gasteiger partial charge in [-0.05, 0) is 46.7 Å². The predicted molar refractivity (Wildman–Crippen MR) is 128 cm³/mol. The molecule has 0 radical (unpaired) electrons. The molecule has 3 N–H and O–H groups in total. The number of carbonyl (C=O) groups excluding carboxylic acids is 1. The molecule has 0 amide bonds.